The third-order valence-corrected chi connectivity index (χ3v) is 2.93. The summed E-state index contributed by atoms with van der Waals surface area (Å²) in [5, 5.41) is 8.31. The molecule has 0 aliphatic heterocycles. The first-order valence-corrected chi connectivity index (χ1v) is 6.44. The second-order valence-electron chi connectivity index (χ2n) is 2.44. The average Bonchev–Trinajstić information content (AvgIpc) is 1.94. The van der Waals surface area contributed by atoms with Crippen molar-refractivity contribution in [2.45, 2.75) is 11.9 Å². The fourth-order valence-electron chi connectivity index (χ4n) is 0.599. The summed E-state index contributed by atoms with van der Waals surface area (Å²) in [4.78, 5) is 43.9. The minimum absolute atomic E-state index is 1.86. The SMILES string of the molecule is N[C@H](C(=O)O)C(OP(=O)(O)O)P(=O)(O)O. The van der Waals surface area contributed by atoms with Crippen molar-refractivity contribution >= 4 is 21.4 Å². The van der Waals surface area contributed by atoms with Gasteiger partial charge in [0, 0.05) is 0 Å². The zero-order valence-corrected chi connectivity index (χ0v) is 8.78. The van der Waals surface area contributed by atoms with Crippen molar-refractivity contribution in [2.75, 3.05) is 0 Å². The van der Waals surface area contributed by atoms with E-state index in [0.29, 0.717) is 0 Å². The van der Waals surface area contributed by atoms with Crippen LogP contribution >= 0.6 is 15.4 Å². The lowest BCUT2D eigenvalue weighted by molar-refractivity contribution is -0.140. The summed E-state index contributed by atoms with van der Waals surface area (Å²) in [6.07, 6.45) is 0. The van der Waals surface area contributed by atoms with Crippen LogP contribution in [0.2, 0.25) is 0 Å². The smallest absolute Gasteiger partial charge is 0.470 e. The molecule has 0 saturated heterocycles. The van der Waals surface area contributed by atoms with Gasteiger partial charge in [-0.3, -0.25) is 13.9 Å². The molecule has 0 saturated carbocycles. The van der Waals surface area contributed by atoms with Crippen LogP contribution in [0.25, 0.3) is 0 Å². The topological polar surface area (TPSA) is 188 Å². The van der Waals surface area contributed by atoms with Gasteiger partial charge in [0.1, 0.15) is 6.04 Å². The van der Waals surface area contributed by atoms with Crippen molar-refractivity contribution in [3.05, 3.63) is 0 Å². The van der Waals surface area contributed by atoms with Gasteiger partial charge >= 0.3 is 21.4 Å². The number of rotatable bonds is 5. The summed E-state index contributed by atoms with van der Waals surface area (Å²) in [5.74, 6) is -4.47. The average molecular weight is 265 g/mol. The van der Waals surface area contributed by atoms with Gasteiger partial charge < -0.3 is 30.4 Å². The van der Waals surface area contributed by atoms with Gasteiger partial charge in [-0.2, -0.15) is 0 Å². The van der Waals surface area contributed by atoms with Crippen molar-refractivity contribution in [3.8, 4) is 0 Å². The Morgan fingerprint density at radius 2 is 1.60 bits per heavy atom. The summed E-state index contributed by atoms with van der Waals surface area (Å²) >= 11 is 0. The molecule has 0 aliphatic rings. The van der Waals surface area contributed by atoms with E-state index in [2.05, 4.69) is 4.52 Å². The Bertz CT molecular complexity index is 328. The van der Waals surface area contributed by atoms with Crippen LogP contribution in [0.1, 0.15) is 0 Å². The molecule has 0 aromatic rings. The summed E-state index contributed by atoms with van der Waals surface area (Å²) < 4.78 is 24.6. The molecule has 90 valence electrons. The molecule has 12 heteroatoms. The number of nitrogens with two attached hydrogens (primary N) is 1. The van der Waals surface area contributed by atoms with Gasteiger partial charge in [-0.25, -0.2) is 4.57 Å². The van der Waals surface area contributed by atoms with Crippen molar-refractivity contribution in [1.29, 1.82) is 0 Å². The lowest BCUT2D eigenvalue weighted by atomic mass is 10.3. The first-order chi connectivity index (χ1) is 6.45. The van der Waals surface area contributed by atoms with E-state index in [9.17, 15) is 13.9 Å². The molecule has 15 heavy (non-hydrogen) atoms. The first kappa shape index (κ1) is 14.7. The predicted octanol–water partition coefficient (Wildman–Crippen LogP) is -1.99. The van der Waals surface area contributed by atoms with E-state index >= 15 is 0 Å². The van der Waals surface area contributed by atoms with E-state index in [1.54, 1.807) is 0 Å². The molecule has 0 radical (unpaired) electrons. The van der Waals surface area contributed by atoms with Crippen molar-refractivity contribution in [1.82, 2.24) is 0 Å². The number of phosphoric acid groups is 1. The molecule has 0 rings (SSSR count). The van der Waals surface area contributed by atoms with Crippen LogP contribution in [-0.4, -0.2) is 42.5 Å². The van der Waals surface area contributed by atoms with Gasteiger partial charge in [0.15, 0.2) is 5.85 Å². The maximum atomic E-state index is 10.6. The summed E-state index contributed by atoms with van der Waals surface area (Å²) in [7, 11) is -10.5. The third-order valence-electron chi connectivity index (χ3n) is 1.17. The standard InChI is InChI=1S/C3H9NO9P2/c4-1(2(5)6)3(14(7,8)9)13-15(10,11)12/h1,3H,4H2,(H,5,6)(H2,7,8,9)(H2,10,11,12)/t1-,3?/m1/s1. The number of hydrogen-bond acceptors (Lipinski definition) is 5. The number of hydrogen-bond donors (Lipinski definition) is 6. The molecule has 0 aliphatic carbocycles. The third kappa shape index (κ3) is 5.36. The molecule has 0 spiro atoms. The summed E-state index contributed by atoms with van der Waals surface area (Å²) in [6, 6.07) is -2.25. The highest BCUT2D eigenvalue weighted by Gasteiger charge is 2.43. The van der Waals surface area contributed by atoms with Crippen LogP contribution in [0, 0.1) is 0 Å². The van der Waals surface area contributed by atoms with E-state index in [1.165, 1.54) is 0 Å². The van der Waals surface area contributed by atoms with Crippen LogP contribution < -0.4 is 5.73 Å². The molecular formula is C3H9NO9P2. The van der Waals surface area contributed by atoms with Crippen LogP contribution in [0.4, 0.5) is 0 Å². The van der Waals surface area contributed by atoms with E-state index in [0.717, 1.165) is 0 Å². The molecular weight excluding hydrogens is 256 g/mol. The molecule has 0 bridgehead atoms. The fraction of sp³-hybridized carbons (Fsp3) is 0.667. The Morgan fingerprint density at radius 1 is 1.20 bits per heavy atom. The van der Waals surface area contributed by atoms with Gasteiger partial charge in [-0.15, -0.1) is 0 Å². The Balaban J connectivity index is 5.01. The summed E-state index contributed by atoms with van der Waals surface area (Å²) in [6.45, 7) is 0. The van der Waals surface area contributed by atoms with Crippen LogP contribution in [-0.2, 0) is 18.4 Å². The van der Waals surface area contributed by atoms with Crippen molar-refractivity contribution in [3.63, 3.8) is 0 Å². The lowest BCUT2D eigenvalue weighted by Crippen LogP contribution is -2.42. The lowest BCUT2D eigenvalue weighted by Gasteiger charge is -2.21. The quantitative estimate of drug-likeness (QED) is 0.303. The maximum absolute atomic E-state index is 10.6. The molecule has 0 aromatic carbocycles. The Hall–Kier alpha value is -0.310. The van der Waals surface area contributed by atoms with E-state index in [-0.39, 0.29) is 0 Å². The number of aliphatic carboxylic acids is 1. The maximum Gasteiger partial charge on any atom is 0.470 e. The first-order valence-electron chi connectivity index (χ1n) is 3.22. The zero-order valence-electron chi connectivity index (χ0n) is 7.00. The molecule has 2 atom stereocenters. The van der Waals surface area contributed by atoms with Crippen molar-refractivity contribution in [2.24, 2.45) is 5.73 Å². The van der Waals surface area contributed by atoms with E-state index in [4.69, 9.17) is 30.4 Å². The highest BCUT2D eigenvalue weighted by molar-refractivity contribution is 7.54. The van der Waals surface area contributed by atoms with Gasteiger partial charge in [-0.05, 0) is 0 Å². The predicted molar refractivity (Wildman–Crippen MR) is 44.6 cm³/mol. The molecule has 0 fully saturated rings. The Labute approximate surface area is 83.1 Å². The van der Waals surface area contributed by atoms with Gasteiger partial charge in [0.2, 0.25) is 0 Å². The molecule has 0 amide bonds. The second kappa shape index (κ2) is 4.69. The highest BCUT2D eigenvalue weighted by atomic mass is 31.2. The number of carbonyl (C=O) groups is 1. The van der Waals surface area contributed by atoms with Gasteiger partial charge in [0.25, 0.3) is 0 Å². The van der Waals surface area contributed by atoms with E-state index < -0.39 is 33.3 Å². The normalized spacial score (nSPS) is 17.1. The van der Waals surface area contributed by atoms with Crippen LogP contribution in [0.3, 0.4) is 0 Å². The van der Waals surface area contributed by atoms with Gasteiger partial charge in [-0.1, -0.05) is 0 Å². The monoisotopic (exact) mass is 265 g/mol. The molecule has 10 nitrogen and oxygen atoms in total. The largest absolute Gasteiger partial charge is 0.480 e. The number of carboxylic acid groups (broad SMARTS) is 1. The summed E-state index contributed by atoms with van der Waals surface area (Å²) in [5.41, 5.74) is 4.79. The molecule has 7 N–H and O–H groups in total. The Kier molecular flexibility index (Phi) is 4.59. The second-order valence-corrected chi connectivity index (χ2v) is 5.32. The minimum atomic E-state index is -5.25. The number of phosphoric ester groups is 1. The minimum Gasteiger partial charge on any atom is -0.480 e. The Morgan fingerprint density at radius 3 is 1.80 bits per heavy atom. The molecule has 0 heterocycles. The highest BCUT2D eigenvalue weighted by Crippen LogP contribution is 2.51. The number of carboxylic acids is 1. The zero-order chi connectivity index (χ0) is 12.4. The molecule has 1 unspecified atom stereocenters. The molecule has 0 aromatic heterocycles. The van der Waals surface area contributed by atoms with Crippen LogP contribution in [0.5, 0.6) is 0 Å². The van der Waals surface area contributed by atoms with E-state index in [1.807, 2.05) is 0 Å². The van der Waals surface area contributed by atoms with Gasteiger partial charge in [0.05, 0.1) is 0 Å². The fourth-order valence-corrected chi connectivity index (χ4v) is 2.42. The van der Waals surface area contributed by atoms with Crippen LogP contribution in [0.15, 0.2) is 0 Å². The van der Waals surface area contributed by atoms with Crippen molar-refractivity contribution < 1.29 is 43.1 Å².